The number of carbonyl (C=O) groups excluding carboxylic acids is 1. The molecule has 0 aliphatic carbocycles. The molecule has 19 heavy (non-hydrogen) atoms. The predicted molar refractivity (Wildman–Crippen MR) is 79.5 cm³/mol. The van der Waals surface area contributed by atoms with Gasteiger partial charge in [0.05, 0.1) is 19.8 Å². The summed E-state index contributed by atoms with van der Waals surface area (Å²) in [5, 5.41) is 2.98. The summed E-state index contributed by atoms with van der Waals surface area (Å²) >= 11 is 3.49. The van der Waals surface area contributed by atoms with E-state index in [-0.39, 0.29) is 5.91 Å². The van der Waals surface area contributed by atoms with Gasteiger partial charge in [0, 0.05) is 23.2 Å². The second kappa shape index (κ2) is 6.50. The standard InChI is InChI=1S/C14H19BrN2O2/c1-10-11(2)13(4-3-12(10)15)16-14(18)9-17-5-7-19-8-6-17/h3-4H,5-9H2,1-2H3,(H,16,18). The largest absolute Gasteiger partial charge is 0.379 e. The molecule has 1 aromatic carbocycles. The fraction of sp³-hybridized carbons (Fsp3) is 0.500. The van der Waals surface area contributed by atoms with Gasteiger partial charge in [0.15, 0.2) is 0 Å². The molecule has 0 saturated carbocycles. The summed E-state index contributed by atoms with van der Waals surface area (Å²) in [6.07, 6.45) is 0. The molecule has 2 rings (SSSR count). The zero-order valence-electron chi connectivity index (χ0n) is 11.3. The molecule has 1 aliphatic rings. The van der Waals surface area contributed by atoms with Crippen LogP contribution in [0, 0.1) is 13.8 Å². The molecule has 4 nitrogen and oxygen atoms in total. The number of morpholine rings is 1. The molecule has 1 saturated heterocycles. The van der Waals surface area contributed by atoms with Crippen LogP contribution in [0.1, 0.15) is 11.1 Å². The van der Waals surface area contributed by atoms with Gasteiger partial charge in [-0.15, -0.1) is 0 Å². The van der Waals surface area contributed by atoms with Crippen LogP contribution in [0.3, 0.4) is 0 Å². The Hall–Kier alpha value is -0.910. The molecule has 1 amide bonds. The first-order valence-corrected chi connectivity index (χ1v) is 7.23. The predicted octanol–water partition coefficient (Wildman–Crippen LogP) is 2.34. The highest BCUT2D eigenvalue weighted by Gasteiger charge is 2.15. The van der Waals surface area contributed by atoms with Crippen LogP contribution in [-0.4, -0.2) is 43.7 Å². The van der Waals surface area contributed by atoms with Crippen molar-refractivity contribution >= 4 is 27.5 Å². The van der Waals surface area contributed by atoms with Gasteiger partial charge in [-0.1, -0.05) is 15.9 Å². The number of rotatable bonds is 3. The van der Waals surface area contributed by atoms with Crippen LogP contribution in [0.4, 0.5) is 5.69 Å². The number of hydrogen-bond acceptors (Lipinski definition) is 3. The van der Waals surface area contributed by atoms with Gasteiger partial charge in [0.1, 0.15) is 0 Å². The third-order valence-corrected chi connectivity index (χ3v) is 4.33. The monoisotopic (exact) mass is 326 g/mol. The van der Waals surface area contributed by atoms with Crippen molar-refractivity contribution in [2.24, 2.45) is 0 Å². The lowest BCUT2D eigenvalue weighted by Gasteiger charge is -2.26. The normalized spacial score (nSPS) is 16.4. The van der Waals surface area contributed by atoms with Crippen molar-refractivity contribution in [2.45, 2.75) is 13.8 Å². The Kier molecular flexibility index (Phi) is 4.96. The van der Waals surface area contributed by atoms with Crippen LogP contribution in [0.2, 0.25) is 0 Å². The summed E-state index contributed by atoms with van der Waals surface area (Å²) in [7, 11) is 0. The first kappa shape index (κ1) is 14.5. The maximum atomic E-state index is 12.0. The van der Waals surface area contributed by atoms with E-state index in [1.165, 1.54) is 0 Å². The minimum atomic E-state index is 0.0340. The smallest absolute Gasteiger partial charge is 0.238 e. The minimum Gasteiger partial charge on any atom is -0.379 e. The molecule has 0 aromatic heterocycles. The molecule has 0 radical (unpaired) electrons. The average Bonchev–Trinajstić information content (AvgIpc) is 2.41. The van der Waals surface area contributed by atoms with Crippen molar-refractivity contribution in [3.8, 4) is 0 Å². The summed E-state index contributed by atoms with van der Waals surface area (Å²) in [5.41, 5.74) is 3.15. The molecule has 0 bridgehead atoms. The summed E-state index contributed by atoms with van der Waals surface area (Å²) < 4.78 is 6.33. The average molecular weight is 327 g/mol. The highest BCUT2D eigenvalue weighted by atomic mass is 79.9. The Bertz CT molecular complexity index is 471. The zero-order chi connectivity index (χ0) is 13.8. The van der Waals surface area contributed by atoms with Crippen molar-refractivity contribution < 1.29 is 9.53 Å². The van der Waals surface area contributed by atoms with Crippen molar-refractivity contribution in [1.29, 1.82) is 0 Å². The first-order valence-electron chi connectivity index (χ1n) is 6.43. The third kappa shape index (κ3) is 3.78. The number of carbonyl (C=O) groups is 1. The topological polar surface area (TPSA) is 41.6 Å². The highest BCUT2D eigenvalue weighted by Crippen LogP contribution is 2.25. The Morgan fingerprint density at radius 1 is 1.32 bits per heavy atom. The minimum absolute atomic E-state index is 0.0340. The molecule has 1 aromatic rings. The van der Waals surface area contributed by atoms with Crippen LogP contribution in [0.25, 0.3) is 0 Å². The van der Waals surface area contributed by atoms with Gasteiger partial charge in [-0.05, 0) is 37.1 Å². The number of ether oxygens (including phenoxy) is 1. The molecule has 0 spiro atoms. The SMILES string of the molecule is Cc1c(Br)ccc(NC(=O)CN2CCOCC2)c1C. The van der Waals surface area contributed by atoms with Crippen molar-refractivity contribution in [3.63, 3.8) is 0 Å². The second-order valence-electron chi connectivity index (χ2n) is 4.78. The van der Waals surface area contributed by atoms with E-state index in [1.807, 2.05) is 26.0 Å². The maximum absolute atomic E-state index is 12.0. The summed E-state index contributed by atoms with van der Waals surface area (Å²) in [6.45, 7) is 7.56. The van der Waals surface area contributed by atoms with Crippen molar-refractivity contribution in [2.75, 3.05) is 38.2 Å². The van der Waals surface area contributed by atoms with Crippen LogP contribution >= 0.6 is 15.9 Å². The van der Waals surface area contributed by atoms with Gasteiger partial charge < -0.3 is 10.1 Å². The Morgan fingerprint density at radius 2 is 2.00 bits per heavy atom. The van der Waals surface area contributed by atoms with Gasteiger partial charge in [-0.3, -0.25) is 9.69 Å². The number of hydrogen-bond donors (Lipinski definition) is 1. The summed E-state index contributed by atoms with van der Waals surface area (Å²) in [5.74, 6) is 0.0340. The lowest BCUT2D eigenvalue weighted by atomic mass is 10.1. The molecule has 5 heteroatoms. The third-order valence-electron chi connectivity index (χ3n) is 3.47. The molecule has 1 aliphatic heterocycles. The van der Waals surface area contributed by atoms with E-state index in [0.717, 1.165) is 34.4 Å². The summed E-state index contributed by atoms with van der Waals surface area (Å²) in [6, 6.07) is 3.90. The molecule has 1 N–H and O–H groups in total. The second-order valence-corrected chi connectivity index (χ2v) is 5.64. The quantitative estimate of drug-likeness (QED) is 0.926. The van der Waals surface area contributed by atoms with E-state index in [9.17, 15) is 4.79 Å². The fourth-order valence-corrected chi connectivity index (χ4v) is 2.50. The van der Waals surface area contributed by atoms with Crippen molar-refractivity contribution in [3.05, 3.63) is 27.7 Å². The van der Waals surface area contributed by atoms with E-state index >= 15 is 0 Å². The Morgan fingerprint density at radius 3 is 2.68 bits per heavy atom. The lowest BCUT2D eigenvalue weighted by molar-refractivity contribution is -0.118. The van der Waals surface area contributed by atoms with Crippen molar-refractivity contribution in [1.82, 2.24) is 4.90 Å². The number of benzene rings is 1. The Labute approximate surface area is 122 Å². The molecule has 1 heterocycles. The number of anilines is 1. The molecular formula is C14H19BrN2O2. The number of nitrogens with zero attached hydrogens (tertiary/aromatic N) is 1. The van der Waals surface area contributed by atoms with Crippen LogP contribution in [0.5, 0.6) is 0 Å². The number of nitrogens with one attached hydrogen (secondary N) is 1. The van der Waals surface area contributed by atoms with Gasteiger partial charge >= 0.3 is 0 Å². The van der Waals surface area contributed by atoms with E-state index in [0.29, 0.717) is 19.8 Å². The van der Waals surface area contributed by atoms with Crippen LogP contribution in [-0.2, 0) is 9.53 Å². The molecule has 0 atom stereocenters. The summed E-state index contributed by atoms with van der Waals surface area (Å²) in [4.78, 5) is 14.1. The Balaban J connectivity index is 1.97. The fourth-order valence-electron chi connectivity index (χ4n) is 2.08. The van der Waals surface area contributed by atoms with Gasteiger partial charge in [0.2, 0.25) is 5.91 Å². The van der Waals surface area contributed by atoms with Gasteiger partial charge in [-0.25, -0.2) is 0 Å². The zero-order valence-corrected chi connectivity index (χ0v) is 12.9. The van der Waals surface area contributed by atoms with Crippen LogP contribution in [0.15, 0.2) is 16.6 Å². The highest BCUT2D eigenvalue weighted by molar-refractivity contribution is 9.10. The maximum Gasteiger partial charge on any atom is 0.238 e. The lowest BCUT2D eigenvalue weighted by Crippen LogP contribution is -2.41. The molecule has 0 unspecified atom stereocenters. The molecule has 104 valence electrons. The van der Waals surface area contributed by atoms with E-state index < -0.39 is 0 Å². The van der Waals surface area contributed by atoms with Crippen LogP contribution < -0.4 is 5.32 Å². The first-order chi connectivity index (χ1) is 9.08. The number of amides is 1. The van der Waals surface area contributed by atoms with Gasteiger partial charge in [-0.2, -0.15) is 0 Å². The number of halogens is 1. The van der Waals surface area contributed by atoms with E-state index in [2.05, 4.69) is 26.1 Å². The van der Waals surface area contributed by atoms with E-state index in [4.69, 9.17) is 4.74 Å². The van der Waals surface area contributed by atoms with E-state index in [1.54, 1.807) is 0 Å². The van der Waals surface area contributed by atoms with Gasteiger partial charge in [0.25, 0.3) is 0 Å². The molecule has 1 fully saturated rings. The molecular weight excluding hydrogens is 308 g/mol.